The topological polar surface area (TPSA) is 44.5 Å². The summed E-state index contributed by atoms with van der Waals surface area (Å²) >= 11 is 3.36. The van der Waals surface area contributed by atoms with Crippen molar-refractivity contribution in [2.75, 3.05) is 0 Å². The second kappa shape index (κ2) is 6.36. The van der Waals surface area contributed by atoms with Gasteiger partial charge in [0.1, 0.15) is 17.2 Å². The van der Waals surface area contributed by atoms with Crippen LogP contribution in [0.4, 0.5) is 13.2 Å². The number of alkyl halides is 3. The first-order valence-corrected chi connectivity index (χ1v) is 6.69. The minimum atomic E-state index is -4.70. The third-order valence-electron chi connectivity index (χ3n) is 2.54. The number of benzene rings is 2. The zero-order chi connectivity index (χ0) is 15.5. The molecule has 7 heteroatoms. The van der Waals surface area contributed by atoms with E-state index in [2.05, 4.69) is 20.7 Å². The van der Waals surface area contributed by atoms with Gasteiger partial charge in [0.05, 0.1) is 0 Å². The standard InChI is InChI=1S/C14H11BrF3NO2/c15-13-7-12(2-1-9(13)8-19)20-10-3-5-11(6-4-10)21-14(16,17)18/h1-7H,8,19H2. The molecular formula is C14H11BrF3NO2. The Kier molecular flexibility index (Phi) is 4.74. The summed E-state index contributed by atoms with van der Waals surface area (Å²) in [7, 11) is 0. The molecule has 0 unspecified atom stereocenters. The van der Waals surface area contributed by atoms with Gasteiger partial charge in [-0.25, -0.2) is 0 Å². The Labute approximate surface area is 127 Å². The van der Waals surface area contributed by atoms with Crippen LogP contribution in [0.3, 0.4) is 0 Å². The van der Waals surface area contributed by atoms with Crippen LogP contribution in [-0.2, 0) is 6.54 Å². The van der Waals surface area contributed by atoms with Gasteiger partial charge in [0.25, 0.3) is 0 Å². The van der Waals surface area contributed by atoms with Gasteiger partial charge in [0.15, 0.2) is 0 Å². The van der Waals surface area contributed by atoms with Crippen LogP contribution < -0.4 is 15.2 Å². The molecule has 0 saturated heterocycles. The van der Waals surface area contributed by atoms with Crippen LogP contribution in [0.5, 0.6) is 17.2 Å². The number of rotatable bonds is 4. The summed E-state index contributed by atoms with van der Waals surface area (Å²) in [5, 5.41) is 0. The van der Waals surface area contributed by atoms with E-state index in [1.54, 1.807) is 18.2 Å². The molecule has 0 aliphatic heterocycles. The van der Waals surface area contributed by atoms with Gasteiger partial charge >= 0.3 is 6.36 Å². The maximum Gasteiger partial charge on any atom is 0.573 e. The largest absolute Gasteiger partial charge is 0.573 e. The first kappa shape index (κ1) is 15.7. The van der Waals surface area contributed by atoms with Gasteiger partial charge in [-0.2, -0.15) is 0 Å². The highest BCUT2D eigenvalue weighted by Gasteiger charge is 2.30. The summed E-state index contributed by atoms with van der Waals surface area (Å²) < 4.78 is 46.2. The molecule has 0 fully saturated rings. The molecule has 2 aromatic rings. The fourth-order valence-electron chi connectivity index (χ4n) is 1.60. The zero-order valence-electron chi connectivity index (χ0n) is 10.7. The highest BCUT2D eigenvalue weighted by Crippen LogP contribution is 2.29. The average molecular weight is 362 g/mol. The van der Waals surface area contributed by atoms with Gasteiger partial charge in [-0.1, -0.05) is 22.0 Å². The maximum absolute atomic E-state index is 12.0. The smallest absolute Gasteiger partial charge is 0.457 e. The van der Waals surface area contributed by atoms with Crippen molar-refractivity contribution in [2.24, 2.45) is 5.73 Å². The number of nitrogens with two attached hydrogens (primary N) is 1. The normalized spacial score (nSPS) is 11.3. The summed E-state index contributed by atoms with van der Waals surface area (Å²) in [6.45, 7) is 0.393. The third-order valence-corrected chi connectivity index (χ3v) is 3.28. The monoisotopic (exact) mass is 361 g/mol. The van der Waals surface area contributed by atoms with Crippen LogP contribution >= 0.6 is 15.9 Å². The van der Waals surface area contributed by atoms with E-state index in [-0.39, 0.29) is 5.75 Å². The van der Waals surface area contributed by atoms with Crippen molar-refractivity contribution in [2.45, 2.75) is 12.9 Å². The first-order chi connectivity index (χ1) is 9.87. The molecule has 0 radical (unpaired) electrons. The van der Waals surface area contributed by atoms with Crippen molar-refractivity contribution in [3.05, 3.63) is 52.5 Å². The van der Waals surface area contributed by atoms with Crippen LogP contribution in [0.25, 0.3) is 0 Å². The molecule has 0 saturated carbocycles. The molecule has 0 bridgehead atoms. The third kappa shape index (κ3) is 4.64. The van der Waals surface area contributed by atoms with E-state index in [9.17, 15) is 13.2 Å². The van der Waals surface area contributed by atoms with Crippen LogP contribution in [0, 0.1) is 0 Å². The minimum absolute atomic E-state index is 0.297. The van der Waals surface area contributed by atoms with Gasteiger partial charge in [-0.05, 0) is 42.0 Å². The Morgan fingerprint density at radius 1 is 0.952 bits per heavy atom. The lowest BCUT2D eigenvalue weighted by molar-refractivity contribution is -0.274. The van der Waals surface area contributed by atoms with E-state index in [0.717, 1.165) is 10.0 Å². The Morgan fingerprint density at radius 3 is 2.05 bits per heavy atom. The van der Waals surface area contributed by atoms with E-state index in [0.29, 0.717) is 18.0 Å². The lowest BCUT2D eigenvalue weighted by atomic mass is 10.2. The van der Waals surface area contributed by atoms with E-state index in [1.165, 1.54) is 24.3 Å². The van der Waals surface area contributed by atoms with Crippen LogP contribution in [-0.4, -0.2) is 6.36 Å². The van der Waals surface area contributed by atoms with Gasteiger partial charge in [0, 0.05) is 11.0 Å². The zero-order valence-corrected chi connectivity index (χ0v) is 12.2. The first-order valence-electron chi connectivity index (χ1n) is 5.89. The Balaban J connectivity index is 2.08. The molecule has 112 valence electrons. The molecule has 2 aromatic carbocycles. The Hall–Kier alpha value is -1.73. The quantitative estimate of drug-likeness (QED) is 0.865. The average Bonchev–Trinajstić information content (AvgIpc) is 2.40. The molecule has 0 aromatic heterocycles. The molecule has 0 atom stereocenters. The lowest BCUT2D eigenvalue weighted by Crippen LogP contribution is -2.16. The van der Waals surface area contributed by atoms with E-state index < -0.39 is 6.36 Å². The van der Waals surface area contributed by atoms with Gasteiger partial charge < -0.3 is 15.2 Å². The molecule has 0 spiro atoms. The summed E-state index contributed by atoms with van der Waals surface area (Å²) in [5.41, 5.74) is 6.47. The Morgan fingerprint density at radius 2 is 1.52 bits per heavy atom. The molecule has 0 aliphatic rings. The molecule has 2 N–H and O–H groups in total. The summed E-state index contributed by atoms with van der Waals surface area (Å²) in [6.07, 6.45) is -4.70. The molecular weight excluding hydrogens is 351 g/mol. The fourth-order valence-corrected chi connectivity index (χ4v) is 2.12. The van der Waals surface area contributed by atoms with Gasteiger partial charge in [0.2, 0.25) is 0 Å². The molecule has 0 heterocycles. The number of hydrogen-bond donors (Lipinski definition) is 1. The summed E-state index contributed by atoms with van der Waals surface area (Å²) in [6, 6.07) is 10.4. The second-order valence-corrected chi connectivity index (χ2v) is 4.93. The van der Waals surface area contributed by atoms with E-state index >= 15 is 0 Å². The van der Waals surface area contributed by atoms with Crippen molar-refractivity contribution in [3.8, 4) is 17.2 Å². The fraction of sp³-hybridized carbons (Fsp3) is 0.143. The number of hydrogen-bond acceptors (Lipinski definition) is 3. The second-order valence-electron chi connectivity index (χ2n) is 4.08. The molecule has 0 aliphatic carbocycles. The minimum Gasteiger partial charge on any atom is -0.457 e. The van der Waals surface area contributed by atoms with Crippen molar-refractivity contribution in [1.82, 2.24) is 0 Å². The van der Waals surface area contributed by atoms with Crippen LogP contribution in [0.15, 0.2) is 46.9 Å². The van der Waals surface area contributed by atoms with Crippen molar-refractivity contribution in [3.63, 3.8) is 0 Å². The maximum atomic E-state index is 12.0. The van der Waals surface area contributed by atoms with Crippen LogP contribution in [0.1, 0.15) is 5.56 Å². The van der Waals surface area contributed by atoms with Crippen molar-refractivity contribution >= 4 is 15.9 Å². The van der Waals surface area contributed by atoms with Gasteiger partial charge in [-0.15, -0.1) is 13.2 Å². The number of ether oxygens (including phenoxy) is 2. The highest BCUT2D eigenvalue weighted by molar-refractivity contribution is 9.10. The lowest BCUT2D eigenvalue weighted by Gasteiger charge is -2.10. The number of halogens is 4. The van der Waals surface area contributed by atoms with Crippen molar-refractivity contribution in [1.29, 1.82) is 0 Å². The van der Waals surface area contributed by atoms with E-state index in [4.69, 9.17) is 10.5 Å². The molecule has 21 heavy (non-hydrogen) atoms. The van der Waals surface area contributed by atoms with Gasteiger partial charge in [-0.3, -0.25) is 0 Å². The summed E-state index contributed by atoms with van der Waals surface area (Å²) in [4.78, 5) is 0. The van der Waals surface area contributed by atoms with Crippen LogP contribution in [0.2, 0.25) is 0 Å². The highest BCUT2D eigenvalue weighted by atomic mass is 79.9. The van der Waals surface area contributed by atoms with Crippen molar-refractivity contribution < 1.29 is 22.6 Å². The van der Waals surface area contributed by atoms with E-state index in [1.807, 2.05) is 0 Å². The summed E-state index contributed by atoms with van der Waals surface area (Å²) in [5.74, 6) is 0.648. The molecule has 2 rings (SSSR count). The Bertz CT molecular complexity index is 615. The molecule has 0 amide bonds. The SMILES string of the molecule is NCc1ccc(Oc2ccc(OC(F)(F)F)cc2)cc1Br. The predicted octanol–water partition coefficient (Wildman–Crippen LogP) is 4.60. The predicted molar refractivity (Wildman–Crippen MR) is 75.2 cm³/mol. The molecule has 3 nitrogen and oxygen atoms in total.